The highest BCUT2D eigenvalue weighted by Gasteiger charge is 2.25. The van der Waals surface area contributed by atoms with E-state index in [4.69, 9.17) is 5.11 Å². The summed E-state index contributed by atoms with van der Waals surface area (Å²) in [4.78, 5) is 12.0. The van der Waals surface area contributed by atoms with E-state index in [9.17, 15) is 4.79 Å². The van der Waals surface area contributed by atoms with Gasteiger partial charge in [-0.25, -0.2) is 0 Å². The van der Waals surface area contributed by atoms with Gasteiger partial charge in [-0.05, 0) is 24.3 Å². The van der Waals surface area contributed by atoms with E-state index in [0.29, 0.717) is 12.8 Å². The Labute approximate surface area is 116 Å². The average molecular weight is 263 g/mol. The van der Waals surface area contributed by atoms with Crippen molar-refractivity contribution >= 4 is 5.91 Å². The van der Waals surface area contributed by atoms with Crippen molar-refractivity contribution in [3.05, 3.63) is 35.4 Å². The minimum absolute atomic E-state index is 0.00421. The van der Waals surface area contributed by atoms with Crippen molar-refractivity contribution in [3.63, 3.8) is 0 Å². The number of hydrogen-bond acceptors (Lipinski definition) is 2. The SMILES string of the molecule is Cc1ccc(CC(=O)N[C@@H](CCO)C(C)(C)C)cc1. The van der Waals surface area contributed by atoms with Gasteiger partial charge in [0, 0.05) is 12.6 Å². The number of nitrogens with one attached hydrogen (secondary N) is 1. The van der Waals surface area contributed by atoms with E-state index in [0.717, 1.165) is 5.56 Å². The van der Waals surface area contributed by atoms with Crippen molar-refractivity contribution in [1.82, 2.24) is 5.32 Å². The van der Waals surface area contributed by atoms with Crippen LogP contribution in [0.2, 0.25) is 0 Å². The molecule has 0 saturated carbocycles. The van der Waals surface area contributed by atoms with Gasteiger partial charge in [-0.2, -0.15) is 0 Å². The molecule has 106 valence electrons. The van der Waals surface area contributed by atoms with E-state index in [1.165, 1.54) is 5.56 Å². The van der Waals surface area contributed by atoms with E-state index >= 15 is 0 Å². The van der Waals surface area contributed by atoms with Gasteiger partial charge in [0.25, 0.3) is 0 Å². The van der Waals surface area contributed by atoms with E-state index in [2.05, 4.69) is 26.1 Å². The fourth-order valence-corrected chi connectivity index (χ4v) is 1.99. The van der Waals surface area contributed by atoms with Gasteiger partial charge in [0.15, 0.2) is 0 Å². The predicted octanol–water partition coefficient (Wildman–Crippen LogP) is 2.45. The number of carbonyl (C=O) groups excluding carboxylic acids is 1. The molecule has 1 atom stereocenters. The molecule has 0 heterocycles. The van der Waals surface area contributed by atoms with Gasteiger partial charge in [0.2, 0.25) is 5.91 Å². The topological polar surface area (TPSA) is 49.3 Å². The van der Waals surface area contributed by atoms with Crippen molar-refractivity contribution in [2.75, 3.05) is 6.61 Å². The maximum atomic E-state index is 12.0. The lowest BCUT2D eigenvalue weighted by Crippen LogP contribution is -2.44. The summed E-state index contributed by atoms with van der Waals surface area (Å²) in [7, 11) is 0. The first kappa shape index (κ1) is 15.7. The van der Waals surface area contributed by atoms with Gasteiger partial charge in [0.1, 0.15) is 0 Å². The number of aliphatic hydroxyl groups is 1. The summed E-state index contributed by atoms with van der Waals surface area (Å²) < 4.78 is 0. The second kappa shape index (κ2) is 6.71. The first-order chi connectivity index (χ1) is 8.82. The molecular formula is C16H25NO2. The number of amides is 1. The second-order valence-electron chi connectivity index (χ2n) is 6.16. The monoisotopic (exact) mass is 263 g/mol. The molecule has 0 saturated heterocycles. The van der Waals surface area contributed by atoms with Gasteiger partial charge in [-0.15, -0.1) is 0 Å². The van der Waals surface area contributed by atoms with Crippen LogP contribution in [0.25, 0.3) is 0 Å². The van der Waals surface area contributed by atoms with Gasteiger partial charge < -0.3 is 10.4 Å². The van der Waals surface area contributed by atoms with E-state index in [1.54, 1.807) is 0 Å². The minimum Gasteiger partial charge on any atom is -0.396 e. The van der Waals surface area contributed by atoms with Gasteiger partial charge in [0.05, 0.1) is 6.42 Å². The molecule has 2 N–H and O–H groups in total. The largest absolute Gasteiger partial charge is 0.396 e. The smallest absolute Gasteiger partial charge is 0.224 e. The van der Waals surface area contributed by atoms with Crippen LogP contribution in [-0.4, -0.2) is 23.7 Å². The Hall–Kier alpha value is -1.35. The highest BCUT2D eigenvalue weighted by Crippen LogP contribution is 2.21. The zero-order valence-corrected chi connectivity index (χ0v) is 12.4. The van der Waals surface area contributed by atoms with Crippen LogP contribution < -0.4 is 5.32 Å². The number of carbonyl (C=O) groups is 1. The minimum atomic E-state index is -0.0499. The molecule has 3 nitrogen and oxygen atoms in total. The molecule has 0 aliphatic heterocycles. The second-order valence-corrected chi connectivity index (χ2v) is 6.16. The number of aryl methyl sites for hydroxylation is 1. The zero-order chi connectivity index (χ0) is 14.5. The third-order valence-electron chi connectivity index (χ3n) is 3.28. The summed E-state index contributed by atoms with van der Waals surface area (Å²) in [6.07, 6.45) is 0.974. The molecule has 0 spiro atoms. The third-order valence-corrected chi connectivity index (χ3v) is 3.28. The summed E-state index contributed by atoms with van der Waals surface area (Å²) in [6, 6.07) is 7.98. The normalized spacial score (nSPS) is 13.1. The molecule has 3 heteroatoms. The van der Waals surface area contributed by atoms with Crippen molar-refractivity contribution in [1.29, 1.82) is 0 Å². The number of benzene rings is 1. The average Bonchev–Trinajstić information content (AvgIpc) is 2.30. The molecule has 0 fully saturated rings. The van der Waals surface area contributed by atoms with Crippen molar-refractivity contribution < 1.29 is 9.90 Å². The summed E-state index contributed by atoms with van der Waals surface area (Å²) in [6.45, 7) is 8.33. The molecule has 0 aliphatic rings. The summed E-state index contributed by atoms with van der Waals surface area (Å²) in [5, 5.41) is 12.1. The Kier molecular flexibility index (Phi) is 5.55. The first-order valence-electron chi connectivity index (χ1n) is 6.78. The van der Waals surface area contributed by atoms with Crippen LogP contribution in [0, 0.1) is 12.3 Å². The summed E-state index contributed by atoms with van der Waals surface area (Å²) in [5.74, 6) is 0.0113. The molecule has 19 heavy (non-hydrogen) atoms. The molecule has 0 aromatic heterocycles. The fourth-order valence-electron chi connectivity index (χ4n) is 1.99. The maximum absolute atomic E-state index is 12.0. The molecule has 1 amide bonds. The molecule has 0 radical (unpaired) electrons. The Bertz CT molecular complexity index is 404. The molecule has 1 rings (SSSR count). The maximum Gasteiger partial charge on any atom is 0.224 e. The van der Waals surface area contributed by atoms with Crippen molar-refractivity contribution in [2.24, 2.45) is 5.41 Å². The van der Waals surface area contributed by atoms with Crippen LogP contribution in [0.4, 0.5) is 0 Å². The molecular weight excluding hydrogens is 238 g/mol. The summed E-state index contributed by atoms with van der Waals surface area (Å²) in [5.41, 5.74) is 2.16. The van der Waals surface area contributed by atoms with Crippen LogP contribution >= 0.6 is 0 Å². The number of rotatable bonds is 5. The lowest BCUT2D eigenvalue weighted by Gasteiger charge is -2.31. The van der Waals surface area contributed by atoms with E-state index < -0.39 is 0 Å². The van der Waals surface area contributed by atoms with Crippen LogP contribution in [0.5, 0.6) is 0 Å². The standard InChI is InChI=1S/C16H25NO2/c1-12-5-7-13(8-6-12)11-15(19)17-14(9-10-18)16(2,3)4/h5-8,14,18H,9-11H2,1-4H3,(H,17,19)/t14-/m0/s1. The molecule has 1 aromatic rings. The van der Waals surface area contributed by atoms with Crippen LogP contribution in [0.1, 0.15) is 38.3 Å². The lowest BCUT2D eigenvalue weighted by molar-refractivity contribution is -0.122. The summed E-state index contributed by atoms with van der Waals surface area (Å²) >= 11 is 0. The predicted molar refractivity (Wildman–Crippen MR) is 78.0 cm³/mol. The fraction of sp³-hybridized carbons (Fsp3) is 0.562. The van der Waals surface area contributed by atoms with Crippen molar-refractivity contribution in [3.8, 4) is 0 Å². The lowest BCUT2D eigenvalue weighted by atomic mass is 9.85. The Morgan fingerprint density at radius 3 is 2.32 bits per heavy atom. The van der Waals surface area contributed by atoms with Crippen molar-refractivity contribution in [2.45, 2.75) is 46.6 Å². The highest BCUT2D eigenvalue weighted by molar-refractivity contribution is 5.78. The van der Waals surface area contributed by atoms with Crippen LogP contribution in [0.3, 0.4) is 0 Å². The van der Waals surface area contributed by atoms with Gasteiger partial charge >= 0.3 is 0 Å². The van der Waals surface area contributed by atoms with E-state index in [1.807, 2.05) is 31.2 Å². The van der Waals surface area contributed by atoms with Crippen LogP contribution in [-0.2, 0) is 11.2 Å². The Morgan fingerprint density at radius 1 is 1.26 bits per heavy atom. The molecule has 0 bridgehead atoms. The molecule has 1 aromatic carbocycles. The van der Waals surface area contributed by atoms with Gasteiger partial charge in [-0.3, -0.25) is 4.79 Å². The van der Waals surface area contributed by atoms with Gasteiger partial charge in [-0.1, -0.05) is 50.6 Å². The van der Waals surface area contributed by atoms with E-state index in [-0.39, 0.29) is 24.0 Å². The Balaban J connectivity index is 2.60. The third kappa shape index (κ3) is 5.43. The van der Waals surface area contributed by atoms with Crippen LogP contribution in [0.15, 0.2) is 24.3 Å². The molecule has 0 unspecified atom stereocenters. The quantitative estimate of drug-likeness (QED) is 0.857. The molecule has 0 aliphatic carbocycles. The number of aliphatic hydroxyl groups excluding tert-OH is 1. The zero-order valence-electron chi connectivity index (χ0n) is 12.4. The first-order valence-corrected chi connectivity index (χ1v) is 6.78. The highest BCUT2D eigenvalue weighted by atomic mass is 16.3. The number of hydrogen-bond donors (Lipinski definition) is 2. The Morgan fingerprint density at radius 2 is 1.84 bits per heavy atom.